The van der Waals surface area contributed by atoms with Gasteiger partial charge >= 0.3 is 0 Å². The Morgan fingerprint density at radius 1 is 0.536 bits per heavy atom. The molecule has 0 saturated heterocycles. The quantitative estimate of drug-likeness (QED) is 0.487. The Hall–Kier alpha value is -3.80. The van der Waals surface area contributed by atoms with E-state index in [1.54, 1.807) is 0 Å². The minimum atomic E-state index is 0.676. The average Bonchev–Trinajstić information content (AvgIpc) is 3.27. The molecule has 2 heterocycles. The van der Waals surface area contributed by atoms with Gasteiger partial charge in [-0.05, 0) is 35.4 Å². The van der Waals surface area contributed by atoms with Crippen LogP contribution >= 0.6 is 0 Å². The van der Waals surface area contributed by atoms with Crippen LogP contribution < -0.4 is 0 Å². The third kappa shape index (κ3) is 3.16. The van der Waals surface area contributed by atoms with Crippen LogP contribution in [-0.2, 0) is 13.1 Å². The van der Waals surface area contributed by atoms with Crippen LogP contribution in [0.5, 0.6) is 0 Å². The molecule has 6 heteroatoms. The van der Waals surface area contributed by atoms with Crippen molar-refractivity contribution in [3.8, 4) is 0 Å². The fraction of sp³-hybridized carbons (Fsp3) is 0.0909. The predicted molar refractivity (Wildman–Crippen MR) is 109 cm³/mol. The lowest BCUT2D eigenvalue weighted by Crippen LogP contribution is -2.05. The zero-order valence-corrected chi connectivity index (χ0v) is 15.2. The zero-order valence-electron chi connectivity index (χ0n) is 15.2. The van der Waals surface area contributed by atoms with Crippen LogP contribution in [0.15, 0.2) is 60.7 Å². The summed E-state index contributed by atoms with van der Waals surface area (Å²) in [5, 5.41) is 17.4. The van der Waals surface area contributed by atoms with Gasteiger partial charge in [-0.15, -0.1) is 10.2 Å². The molecule has 1 aliphatic carbocycles. The fourth-order valence-electron chi connectivity index (χ4n) is 3.31. The molecule has 136 valence electrons. The Balaban J connectivity index is 1.46. The summed E-state index contributed by atoms with van der Waals surface area (Å²) in [6.07, 6.45) is 8.00. The monoisotopic (exact) mass is 366 g/mol. The summed E-state index contributed by atoms with van der Waals surface area (Å²) < 4.78 is 3.82. The molecular formula is C22H18N6. The normalized spacial score (nSPS) is 13.4. The number of nitrogens with zero attached hydrogens (tertiary/aromatic N) is 6. The van der Waals surface area contributed by atoms with Gasteiger partial charge in [0.15, 0.2) is 0 Å². The highest BCUT2D eigenvalue weighted by Gasteiger charge is 2.14. The van der Waals surface area contributed by atoms with E-state index >= 15 is 0 Å². The minimum Gasteiger partial charge on any atom is -0.240 e. The van der Waals surface area contributed by atoms with Gasteiger partial charge in [0.05, 0.1) is 24.5 Å². The molecule has 5 rings (SSSR count). The molecule has 0 saturated carbocycles. The Labute approximate surface area is 162 Å². The second kappa shape index (κ2) is 7.08. The fourth-order valence-corrected chi connectivity index (χ4v) is 3.31. The largest absolute Gasteiger partial charge is 0.240 e. The van der Waals surface area contributed by atoms with Gasteiger partial charge in [0.25, 0.3) is 0 Å². The van der Waals surface area contributed by atoms with Crippen molar-refractivity contribution in [3.05, 3.63) is 94.6 Å². The van der Waals surface area contributed by atoms with Crippen molar-refractivity contribution in [2.45, 2.75) is 13.1 Å². The summed E-state index contributed by atoms with van der Waals surface area (Å²) in [6, 6.07) is 20.5. The Bertz CT molecular complexity index is 1060. The van der Waals surface area contributed by atoms with Crippen LogP contribution in [0.3, 0.4) is 0 Å². The number of rotatable bonds is 4. The Morgan fingerprint density at radius 2 is 0.964 bits per heavy atom. The molecule has 28 heavy (non-hydrogen) atoms. The van der Waals surface area contributed by atoms with Crippen LogP contribution in [0, 0.1) is 0 Å². The molecule has 0 spiro atoms. The molecule has 0 amide bonds. The Morgan fingerprint density at radius 3 is 1.39 bits per heavy atom. The van der Waals surface area contributed by atoms with Crippen LogP contribution in [-0.4, -0.2) is 30.0 Å². The van der Waals surface area contributed by atoms with E-state index in [9.17, 15) is 0 Å². The number of hydrogen-bond acceptors (Lipinski definition) is 4. The molecule has 2 aromatic carbocycles. The number of fused-ring (bicyclic) bond motifs is 2. The molecule has 6 nitrogen and oxygen atoms in total. The number of aromatic nitrogens is 6. The molecule has 0 aliphatic heterocycles. The maximum Gasteiger partial charge on any atom is 0.113 e. The highest BCUT2D eigenvalue weighted by molar-refractivity contribution is 5.81. The molecule has 0 unspecified atom stereocenters. The SMILES string of the molecule is C1=Cc2c(nnn2Cc2ccccc2)/C=C\c2c1nnn2Cc1ccccc1. The third-order valence-electron chi connectivity index (χ3n) is 4.75. The van der Waals surface area contributed by atoms with Gasteiger partial charge in [-0.3, -0.25) is 0 Å². The van der Waals surface area contributed by atoms with E-state index in [-0.39, 0.29) is 0 Å². The summed E-state index contributed by atoms with van der Waals surface area (Å²) in [7, 11) is 0. The van der Waals surface area contributed by atoms with E-state index in [4.69, 9.17) is 0 Å². The summed E-state index contributed by atoms with van der Waals surface area (Å²) in [6.45, 7) is 1.35. The molecule has 0 N–H and O–H groups in total. The van der Waals surface area contributed by atoms with Crippen LogP contribution in [0.25, 0.3) is 24.3 Å². The van der Waals surface area contributed by atoms with Gasteiger partial charge in [-0.2, -0.15) is 0 Å². The van der Waals surface area contributed by atoms with Crippen LogP contribution in [0.4, 0.5) is 0 Å². The van der Waals surface area contributed by atoms with Gasteiger partial charge < -0.3 is 0 Å². The minimum absolute atomic E-state index is 0.676. The summed E-state index contributed by atoms with van der Waals surface area (Å²) in [5.41, 5.74) is 5.97. The predicted octanol–water partition coefficient (Wildman–Crippen LogP) is 3.62. The zero-order chi connectivity index (χ0) is 18.8. The van der Waals surface area contributed by atoms with Crippen molar-refractivity contribution < 1.29 is 0 Å². The second-order valence-corrected chi connectivity index (χ2v) is 6.67. The van der Waals surface area contributed by atoms with Crippen molar-refractivity contribution in [1.29, 1.82) is 0 Å². The van der Waals surface area contributed by atoms with Crippen molar-refractivity contribution >= 4 is 24.3 Å². The van der Waals surface area contributed by atoms with Gasteiger partial charge in [0, 0.05) is 0 Å². The smallest absolute Gasteiger partial charge is 0.113 e. The maximum absolute atomic E-state index is 4.35. The van der Waals surface area contributed by atoms with Gasteiger partial charge in [0.1, 0.15) is 11.4 Å². The van der Waals surface area contributed by atoms with Gasteiger partial charge in [-0.25, -0.2) is 9.36 Å². The average molecular weight is 366 g/mol. The first-order valence-corrected chi connectivity index (χ1v) is 9.18. The van der Waals surface area contributed by atoms with Crippen molar-refractivity contribution in [2.24, 2.45) is 0 Å². The van der Waals surface area contributed by atoms with Crippen molar-refractivity contribution in [1.82, 2.24) is 30.0 Å². The molecule has 0 bridgehead atoms. The molecule has 0 radical (unpaired) electrons. The van der Waals surface area contributed by atoms with E-state index in [0.29, 0.717) is 13.1 Å². The lowest BCUT2D eigenvalue weighted by Gasteiger charge is -2.06. The maximum atomic E-state index is 4.35. The highest BCUT2D eigenvalue weighted by atomic mass is 15.4. The lowest BCUT2D eigenvalue weighted by atomic mass is 10.1. The van der Waals surface area contributed by atoms with Crippen LogP contribution in [0.1, 0.15) is 33.9 Å². The summed E-state index contributed by atoms with van der Waals surface area (Å²) in [5.74, 6) is 0. The Kier molecular flexibility index (Phi) is 4.14. The van der Waals surface area contributed by atoms with E-state index in [0.717, 1.165) is 22.8 Å². The molecule has 4 aromatic rings. The van der Waals surface area contributed by atoms with Crippen LogP contribution in [0.2, 0.25) is 0 Å². The lowest BCUT2D eigenvalue weighted by molar-refractivity contribution is 0.644. The van der Waals surface area contributed by atoms with E-state index < -0.39 is 0 Å². The molecule has 2 aromatic heterocycles. The van der Waals surface area contributed by atoms with E-state index in [2.05, 4.69) is 44.9 Å². The van der Waals surface area contributed by atoms with Crippen molar-refractivity contribution in [3.63, 3.8) is 0 Å². The highest BCUT2D eigenvalue weighted by Crippen LogP contribution is 2.21. The summed E-state index contributed by atoms with van der Waals surface area (Å²) >= 11 is 0. The first kappa shape index (κ1) is 16.4. The van der Waals surface area contributed by atoms with Crippen molar-refractivity contribution in [2.75, 3.05) is 0 Å². The van der Waals surface area contributed by atoms with Gasteiger partial charge in [0.2, 0.25) is 0 Å². The van der Waals surface area contributed by atoms with E-state index in [1.165, 1.54) is 11.1 Å². The molecular weight excluding hydrogens is 348 g/mol. The molecule has 1 aliphatic rings. The number of hydrogen-bond donors (Lipinski definition) is 0. The third-order valence-corrected chi connectivity index (χ3v) is 4.75. The van der Waals surface area contributed by atoms with Gasteiger partial charge in [-0.1, -0.05) is 71.1 Å². The number of benzene rings is 2. The molecule has 0 atom stereocenters. The first-order chi connectivity index (χ1) is 13.9. The topological polar surface area (TPSA) is 61.4 Å². The second-order valence-electron chi connectivity index (χ2n) is 6.67. The standard InChI is InChI=1S/C22H18N6/c1-3-7-17(8-4-1)15-27-21-13-11-20-22(14-12-19(21)23-25-27)28(26-24-20)16-18-9-5-2-6-10-18/h1-14H,15-16H2/b13-11-,14-12?,19-12?,20-11?,21-13?,22-14?. The van der Waals surface area contributed by atoms with E-state index in [1.807, 2.05) is 70.1 Å². The first-order valence-electron chi connectivity index (χ1n) is 9.18. The molecule has 0 fully saturated rings. The summed E-state index contributed by atoms with van der Waals surface area (Å²) in [4.78, 5) is 0.